The lowest BCUT2D eigenvalue weighted by Crippen LogP contribution is -2.18. The zero-order chi connectivity index (χ0) is 26.9. The van der Waals surface area contributed by atoms with E-state index in [1.807, 2.05) is 66.3 Å². The van der Waals surface area contributed by atoms with E-state index < -0.39 is 0 Å². The summed E-state index contributed by atoms with van der Waals surface area (Å²) in [4.78, 5) is 21.7. The van der Waals surface area contributed by atoms with Gasteiger partial charge in [-0.25, -0.2) is 9.97 Å². The van der Waals surface area contributed by atoms with E-state index >= 15 is 0 Å². The van der Waals surface area contributed by atoms with Crippen LogP contribution in [0.15, 0.2) is 73.1 Å². The van der Waals surface area contributed by atoms with Gasteiger partial charge in [0.25, 0.3) is 0 Å². The van der Waals surface area contributed by atoms with Crippen molar-refractivity contribution < 1.29 is 14.3 Å². The first-order valence-electron chi connectivity index (χ1n) is 13.7. The number of rotatable bonds is 12. The van der Waals surface area contributed by atoms with Gasteiger partial charge in [-0.15, -0.1) is 0 Å². The first-order valence-corrected chi connectivity index (χ1v) is 13.7. The van der Waals surface area contributed by atoms with E-state index in [2.05, 4.69) is 22.4 Å². The van der Waals surface area contributed by atoms with Crippen molar-refractivity contribution >= 4 is 11.8 Å². The minimum Gasteiger partial charge on any atom is -0.473 e. The van der Waals surface area contributed by atoms with Crippen LogP contribution in [0, 0.1) is 0 Å². The molecule has 3 aromatic heterocycles. The Balaban J connectivity index is 1.22. The number of carbonyl (C=O) groups excluding carboxylic acids is 1. The van der Waals surface area contributed by atoms with Gasteiger partial charge in [0.1, 0.15) is 12.4 Å². The highest BCUT2D eigenvalue weighted by molar-refractivity contribution is 5.70. The minimum absolute atomic E-state index is 0.174. The first kappa shape index (κ1) is 26.4. The summed E-state index contributed by atoms with van der Waals surface area (Å²) in [5.41, 5.74) is 5.34. The van der Waals surface area contributed by atoms with Crippen molar-refractivity contribution in [2.75, 3.05) is 18.5 Å². The number of esters is 1. The van der Waals surface area contributed by atoms with Gasteiger partial charge in [0.15, 0.2) is 0 Å². The topological polar surface area (TPSA) is 91.2 Å². The number of fused-ring (bicyclic) bond motifs is 1. The van der Waals surface area contributed by atoms with Crippen LogP contribution in [0.25, 0.3) is 0 Å². The predicted molar refractivity (Wildman–Crippen MR) is 150 cm³/mol. The van der Waals surface area contributed by atoms with E-state index in [9.17, 15) is 4.79 Å². The number of nitrogens with one attached hydrogen (secondary N) is 1. The van der Waals surface area contributed by atoms with Gasteiger partial charge in [0.05, 0.1) is 24.8 Å². The fourth-order valence-corrected chi connectivity index (χ4v) is 4.79. The maximum Gasteiger partial charge on any atom is 0.308 e. The fraction of sp³-hybridized carbons (Fsp3) is 0.355. The summed E-state index contributed by atoms with van der Waals surface area (Å²) >= 11 is 0. The molecule has 1 atom stereocenters. The van der Waals surface area contributed by atoms with Crippen LogP contribution in [0.5, 0.6) is 5.88 Å². The molecule has 8 heteroatoms. The summed E-state index contributed by atoms with van der Waals surface area (Å²) in [5.74, 6) is 1.30. The van der Waals surface area contributed by atoms with Crippen molar-refractivity contribution in [3.05, 3.63) is 101 Å². The Labute approximate surface area is 229 Å². The standard InChI is InChI=1S/C31H35N5O3/c1-2-38-30(37)20-28(25-14-16-29(33-21-25)39-22-23-8-4-3-5-9-23)36-19-17-27(35-36)12-6-11-26-15-13-24-10-7-18-32-31(24)34-26/h3-5,8-9,13-17,19,21,28H,2,6-7,10-12,18,20,22H2,1H3,(H,32,34)/t28-/m0/s1. The molecule has 0 aliphatic carbocycles. The molecular weight excluding hydrogens is 490 g/mol. The van der Waals surface area contributed by atoms with Crippen LogP contribution in [-0.4, -0.2) is 38.9 Å². The molecule has 8 nitrogen and oxygen atoms in total. The van der Waals surface area contributed by atoms with Crippen LogP contribution in [-0.2, 0) is 35.4 Å². The number of aromatic nitrogens is 4. The summed E-state index contributed by atoms with van der Waals surface area (Å²) in [6, 6.07) is 19.8. The number of anilines is 1. The van der Waals surface area contributed by atoms with Crippen LogP contribution < -0.4 is 10.1 Å². The van der Waals surface area contributed by atoms with E-state index in [1.54, 1.807) is 6.20 Å². The molecule has 4 aromatic rings. The van der Waals surface area contributed by atoms with Crippen molar-refractivity contribution in [2.45, 2.75) is 58.1 Å². The van der Waals surface area contributed by atoms with Crippen LogP contribution in [0.1, 0.15) is 60.3 Å². The molecule has 0 bridgehead atoms. The number of ether oxygens (including phenoxy) is 2. The molecule has 0 amide bonds. The van der Waals surface area contributed by atoms with Crippen LogP contribution in [0.4, 0.5) is 5.82 Å². The maximum absolute atomic E-state index is 12.4. The molecule has 202 valence electrons. The summed E-state index contributed by atoms with van der Waals surface area (Å²) in [5, 5.41) is 8.22. The van der Waals surface area contributed by atoms with Gasteiger partial charge in [0.2, 0.25) is 5.88 Å². The van der Waals surface area contributed by atoms with Gasteiger partial charge in [-0.3, -0.25) is 9.48 Å². The Hall–Kier alpha value is -4.20. The molecule has 0 unspecified atom stereocenters. The van der Waals surface area contributed by atoms with Gasteiger partial charge in [-0.2, -0.15) is 5.10 Å². The second-order valence-electron chi connectivity index (χ2n) is 9.71. The highest BCUT2D eigenvalue weighted by Crippen LogP contribution is 2.24. The first-order chi connectivity index (χ1) is 19.2. The Morgan fingerprint density at radius 1 is 1.05 bits per heavy atom. The largest absolute Gasteiger partial charge is 0.473 e. The van der Waals surface area contributed by atoms with Crippen molar-refractivity contribution in [1.29, 1.82) is 0 Å². The van der Waals surface area contributed by atoms with Gasteiger partial charge < -0.3 is 14.8 Å². The highest BCUT2D eigenvalue weighted by atomic mass is 16.5. The van der Waals surface area contributed by atoms with Gasteiger partial charge in [0, 0.05) is 30.7 Å². The van der Waals surface area contributed by atoms with Crippen molar-refractivity contribution in [3.63, 3.8) is 0 Å². The van der Waals surface area contributed by atoms with Crippen LogP contribution in [0.2, 0.25) is 0 Å². The molecule has 1 aromatic carbocycles. The lowest BCUT2D eigenvalue weighted by atomic mass is 10.1. The number of nitrogens with zero attached hydrogens (tertiary/aromatic N) is 4. The number of hydrogen-bond acceptors (Lipinski definition) is 7. The average Bonchev–Trinajstić information content (AvgIpc) is 3.44. The van der Waals surface area contributed by atoms with E-state index in [1.165, 1.54) is 5.56 Å². The maximum atomic E-state index is 12.4. The third kappa shape index (κ3) is 7.22. The summed E-state index contributed by atoms with van der Waals surface area (Å²) in [6.07, 6.45) is 8.78. The van der Waals surface area contributed by atoms with Crippen molar-refractivity contribution in [3.8, 4) is 5.88 Å². The predicted octanol–water partition coefficient (Wildman–Crippen LogP) is 5.33. The van der Waals surface area contributed by atoms with E-state index in [0.717, 1.165) is 67.0 Å². The number of hydrogen-bond donors (Lipinski definition) is 1. The summed E-state index contributed by atoms with van der Waals surface area (Å²) in [7, 11) is 0. The smallest absolute Gasteiger partial charge is 0.308 e. The minimum atomic E-state index is -0.318. The third-order valence-electron chi connectivity index (χ3n) is 6.84. The molecule has 5 rings (SSSR count). The molecular formula is C31H35N5O3. The normalized spacial score (nSPS) is 13.3. The summed E-state index contributed by atoms with van der Waals surface area (Å²) in [6.45, 7) is 3.59. The van der Waals surface area contributed by atoms with E-state index in [-0.39, 0.29) is 18.4 Å². The average molecular weight is 526 g/mol. The number of carbonyl (C=O) groups is 1. The van der Waals surface area contributed by atoms with Gasteiger partial charge >= 0.3 is 5.97 Å². The van der Waals surface area contributed by atoms with Gasteiger partial charge in [-0.1, -0.05) is 36.4 Å². The second-order valence-corrected chi connectivity index (χ2v) is 9.71. The fourth-order valence-electron chi connectivity index (χ4n) is 4.79. The number of pyridine rings is 2. The number of aryl methyl sites for hydroxylation is 3. The molecule has 0 fully saturated rings. The number of benzene rings is 1. The lowest BCUT2D eigenvalue weighted by Gasteiger charge is -2.18. The molecule has 39 heavy (non-hydrogen) atoms. The monoisotopic (exact) mass is 525 g/mol. The summed E-state index contributed by atoms with van der Waals surface area (Å²) < 4.78 is 12.9. The second kappa shape index (κ2) is 13.0. The SMILES string of the molecule is CCOC(=O)C[C@@H](c1ccc(OCc2ccccc2)nc1)n1ccc(CCCc2ccc3c(n2)NCCC3)n1. The van der Waals surface area contributed by atoms with E-state index in [4.69, 9.17) is 19.6 Å². The molecule has 1 aliphatic heterocycles. The van der Waals surface area contributed by atoms with Gasteiger partial charge in [-0.05, 0) is 73.9 Å². The molecule has 0 spiro atoms. The Morgan fingerprint density at radius 3 is 2.74 bits per heavy atom. The molecule has 0 radical (unpaired) electrons. The Kier molecular flexibility index (Phi) is 8.83. The van der Waals surface area contributed by atoms with Crippen LogP contribution in [0.3, 0.4) is 0 Å². The molecule has 0 saturated carbocycles. The Morgan fingerprint density at radius 2 is 1.92 bits per heavy atom. The molecule has 0 saturated heterocycles. The molecule has 1 N–H and O–H groups in total. The highest BCUT2D eigenvalue weighted by Gasteiger charge is 2.21. The zero-order valence-corrected chi connectivity index (χ0v) is 22.4. The third-order valence-corrected chi connectivity index (χ3v) is 6.84. The van der Waals surface area contributed by atoms with E-state index in [0.29, 0.717) is 19.1 Å². The van der Waals surface area contributed by atoms with Crippen molar-refractivity contribution in [1.82, 2.24) is 19.7 Å². The lowest BCUT2D eigenvalue weighted by molar-refractivity contribution is -0.143. The molecule has 4 heterocycles. The molecule has 1 aliphatic rings. The zero-order valence-electron chi connectivity index (χ0n) is 22.4. The quantitative estimate of drug-likeness (QED) is 0.250. The Bertz CT molecular complexity index is 1350. The van der Waals surface area contributed by atoms with Crippen molar-refractivity contribution in [2.24, 2.45) is 0 Å². The van der Waals surface area contributed by atoms with Crippen LogP contribution >= 0.6 is 0 Å².